The molecule has 6 heteroatoms. The van der Waals surface area contributed by atoms with E-state index in [1.807, 2.05) is 29.0 Å². The molecule has 0 saturated heterocycles. The highest BCUT2D eigenvalue weighted by Gasteiger charge is 2.31. The summed E-state index contributed by atoms with van der Waals surface area (Å²) in [6.45, 7) is 2.40. The van der Waals surface area contributed by atoms with Crippen LogP contribution in [0, 0.1) is 6.92 Å². The van der Waals surface area contributed by atoms with E-state index in [0.717, 1.165) is 42.1 Å². The second-order valence-electron chi connectivity index (χ2n) is 6.36. The molecule has 1 amide bonds. The number of hydrogen-bond acceptors (Lipinski definition) is 4. The molecule has 5 nitrogen and oxygen atoms in total. The number of imidazole rings is 1. The first-order valence-corrected chi connectivity index (χ1v) is 9.27. The maximum Gasteiger partial charge on any atom is 0.230 e. The van der Waals surface area contributed by atoms with Crippen LogP contribution in [0.25, 0.3) is 5.69 Å². The lowest BCUT2D eigenvalue weighted by Gasteiger charge is -2.22. The van der Waals surface area contributed by atoms with Gasteiger partial charge in [-0.25, -0.2) is 4.98 Å². The van der Waals surface area contributed by atoms with Crippen LogP contribution in [0.5, 0.6) is 0 Å². The van der Waals surface area contributed by atoms with Crippen LogP contribution in [0.1, 0.15) is 31.2 Å². The third-order valence-corrected chi connectivity index (χ3v) is 5.43. The molecule has 1 aromatic heterocycles. The third kappa shape index (κ3) is 3.99. The molecular formula is C18H23N3O2S. The molecule has 1 aliphatic rings. The number of carbonyl (C=O) groups excluding carboxylic acids is 1. The summed E-state index contributed by atoms with van der Waals surface area (Å²) in [7, 11) is 0. The SMILES string of the molecule is Cc1ccccc1-n1ccnc1SCC(=O)NCC1(O)CCCC1. The van der Waals surface area contributed by atoms with Crippen LogP contribution in [-0.4, -0.2) is 38.5 Å². The van der Waals surface area contributed by atoms with Gasteiger partial charge in [-0.3, -0.25) is 9.36 Å². The Morgan fingerprint density at radius 3 is 2.88 bits per heavy atom. The molecule has 0 unspecified atom stereocenters. The lowest BCUT2D eigenvalue weighted by atomic mass is 10.0. The molecule has 1 heterocycles. The summed E-state index contributed by atoms with van der Waals surface area (Å²) >= 11 is 1.40. The molecular weight excluding hydrogens is 322 g/mol. The van der Waals surface area contributed by atoms with Crippen molar-refractivity contribution in [2.45, 2.75) is 43.4 Å². The summed E-state index contributed by atoms with van der Waals surface area (Å²) in [6.07, 6.45) is 7.28. The Morgan fingerprint density at radius 1 is 1.38 bits per heavy atom. The number of aryl methyl sites for hydroxylation is 1. The van der Waals surface area contributed by atoms with Gasteiger partial charge in [0.05, 0.1) is 17.0 Å². The number of carbonyl (C=O) groups is 1. The molecule has 0 aliphatic heterocycles. The standard InChI is InChI=1S/C18H23N3O2S/c1-14-6-2-3-7-15(14)21-11-10-19-17(21)24-12-16(22)20-13-18(23)8-4-5-9-18/h2-3,6-7,10-11,23H,4-5,8-9,12-13H2,1H3,(H,20,22). The minimum atomic E-state index is -0.708. The second-order valence-corrected chi connectivity index (χ2v) is 7.31. The maximum absolute atomic E-state index is 12.1. The van der Waals surface area contributed by atoms with Crippen molar-refractivity contribution in [3.63, 3.8) is 0 Å². The van der Waals surface area contributed by atoms with Crippen LogP contribution in [0.4, 0.5) is 0 Å². The van der Waals surface area contributed by atoms with E-state index >= 15 is 0 Å². The molecule has 0 radical (unpaired) electrons. The predicted molar refractivity (Wildman–Crippen MR) is 95.5 cm³/mol. The summed E-state index contributed by atoms with van der Waals surface area (Å²) in [4.78, 5) is 16.4. The lowest BCUT2D eigenvalue weighted by molar-refractivity contribution is -0.119. The number of para-hydroxylation sites is 1. The van der Waals surface area contributed by atoms with Crippen molar-refractivity contribution in [3.8, 4) is 5.69 Å². The smallest absolute Gasteiger partial charge is 0.230 e. The first-order chi connectivity index (χ1) is 11.6. The van der Waals surface area contributed by atoms with Crippen LogP contribution >= 0.6 is 11.8 Å². The van der Waals surface area contributed by atoms with Gasteiger partial charge in [0.1, 0.15) is 0 Å². The number of nitrogens with one attached hydrogen (secondary N) is 1. The van der Waals surface area contributed by atoms with Crippen LogP contribution in [-0.2, 0) is 4.79 Å². The number of hydrogen-bond donors (Lipinski definition) is 2. The van der Waals surface area contributed by atoms with Crippen molar-refractivity contribution < 1.29 is 9.90 Å². The van der Waals surface area contributed by atoms with Crippen molar-refractivity contribution in [1.29, 1.82) is 0 Å². The Hall–Kier alpha value is -1.79. The minimum Gasteiger partial charge on any atom is -0.388 e. The van der Waals surface area contributed by atoms with Crippen molar-refractivity contribution in [3.05, 3.63) is 42.2 Å². The van der Waals surface area contributed by atoms with Crippen molar-refractivity contribution in [2.24, 2.45) is 0 Å². The molecule has 1 aromatic carbocycles. The van der Waals surface area contributed by atoms with E-state index in [4.69, 9.17) is 0 Å². The predicted octanol–water partition coefficient (Wildman–Crippen LogP) is 2.69. The third-order valence-electron chi connectivity index (χ3n) is 4.46. The molecule has 0 bridgehead atoms. The molecule has 2 aromatic rings. The van der Waals surface area contributed by atoms with E-state index < -0.39 is 5.60 Å². The van der Waals surface area contributed by atoms with Crippen LogP contribution in [0.2, 0.25) is 0 Å². The molecule has 1 fully saturated rings. The highest BCUT2D eigenvalue weighted by atomic mass is 32.2. The number of aliphatic hydroxyl groups is 1. The van der Waals surface area contributed by atoms with E-state index in [2.05, 4.69) is 23.3 Å². The molecule has 2 N–H and O–H groups in total. The highest BCUT2D eigenvalue weighted by Crippen LogP contribution is 2.28. The second kappa shape index (κ2) is 7.40. The molecule has 128 valence electrons. The topological polar surface area (TPSA) is 67.2 Å². The summed E-state index contributed by atoms with van der Waals surface area (Å²) in [5.74, 6) is 0.221. The first kappa shape index (κ1) is 17.0. The fourth-order valence-corrected chi connectivity index (χ4v) is 3.86. The Balaban J connectivity index is 1.57. The number of thioether (sulfide) groups is 1. The average Bonchev–Trinajstić information content (AvgIpc) is 3.21. The van der Waals surface area contributed by atoms with Crippen LogP contribution in [0.3, 0.4) is 0 Å². The maximum atomic E-state index is 12.1. The number of amides is 1. The zero-order valence-electron chi connectivity index (χ0n) is 13.9. The number of benzene rings is 1. The van der Waals surface area contributed by atoms with Crippen molar-refractivity contribution in [2.75, 3.05) is 12.3 Å². The number of rotatable bonds is 6. The average molecular weight is 345 g/mol. The largest absolute Gasteiger partial charge is 0.388 e. The molecule has 0 atom stereocenters. The monoisotopic (exact) mass is 345 g/mol. The van der Waals surface area contributed by atoms with Gasteiger partial charge in [0.15, 0.2) is 5.16 Å². The van der Waals surface area contributed by atoms with Crippen molar-refractivity contribution >= 4 is 17.7 Å². The van der Waals surface area contributed by atoms with Gasteiger partial charge in [-0.05, 0) is 31.4 Å². The summed E-state index contributed by atoms with van der Waals surface area (Å²) in [5.41, 5.74) is 1.52. The van der Waals surface area contributed by atoms with Gasteiger partial charge in [0, 0.05) is 18.9 Å². The zero-order chi connectivity index (χ0) is 17.0. The quantitative estimate of drug-likeness (QED) is 0.790. The summed E-state index contributed by atoms with van der Waals surface area (Å²) < 4.78 is 2.00. The molecule has 3 rings (SSSR count). The van der Waals surface area contributed by atoms with Gasteiger partial charge < -0.3 is 10.4 Å². The summed E-state index contributed by atoms with van der Waals surface area (Å²) in [6, 6.07) is 8.09. The van der Waals surface area contributed by atoms with Gasteiger partial charge in [-0.15, -0.1) is 0 Å². The number of nitrogens with zero attached hydrogens (tertiary/aromatic N) is 2. The lowest BCUT2D eigenvalue weighted by Crippen LogP contribution is -2.41. The molecule has 1 aliphatic carbocycles. The Labute approximate surface area is 146 Å². The van der Waals surface area contributed by atoms with Crippen LogP contribution in [0.15, 0.2) is 41.8 Å². The normalized spacial score (nSPS) is 16.2. The van der Waals surface area contributed by atoms with Gasteiger partial charge in [0.25, 0.3) is 0 Å². The van der Waals surface area contributed by atoms with E-state index in [9.17, 15) is 9.90 Å². The molecule has 0 spiro atoms. The van der Waals surface area contributed by atoms with Crippen molar-refractivity contribution in [1.82, 2.24) is 14.9 Å². The van der Waals surface area contributed by atoms with E-state index in [0.29, 0.717) is 12.3 Å². The number of aromatic nitrogens is 2. The fourth-order valence-electron chi connectivity index (χ4n) is 3.07. The van der Waals surface area contributed by atoms with Gasteiger partial charge >= 0.3 is 0 Å². The van der Waals surface area contributed by atoms with E-state index in [1.165, 1.54) is 11.8 Å². The fraction of sp³-hybridized carbons (Fsp3) is 0.444. The van der Waals surface area contributed by atoms with E-state index in [1.54, 1.807) is 6.20 Å². The Kier molecular flexibility index (Phi) is 5.26. The van der Waals surface area contributed by atoms with Crippen LogP contribution < -0.4 is 5.32 Å². The first-order valence-electron chi connectivity index (χ1n) is 8.29. The zero-order valence-corrected chi connectivity index (χ0v) is 14.7. The Morgan fingerprint density at radius 2 is 2.12 bits per heavy atom. The molecule has 24 heavy (non-hydrogen) atoms. The van der Waals surface area contributed by atoms with Gasteiger partial charge in [-0.2, -0.15) is 0 Å². The van der Waals surface area contributed by atoms with E-state index in [-0.39, 0.29) is 5.91 Å². The minimum absolute atomic E-state index is 0.0698. The van der Waals surface area contributed by atoms with Gasteiger partial charge in [0.2, 0.25) is 5.91 Å². The Bertz CT molecular complexity index is 708. The van der Waals surface area contributed by atoms with Gasteiger partial charge in [-0.1, -0.05) is 42.8 Å². The molecule has 1 saturated carbocycles. The summed E-state index contributed by atoms with van der Waals surface area (Å²) in [5, 5.41) is 13.9. The highest BCUT2D eigenvalue weighted by molar-refractivity contribution is 7.99.